The van der Waals surface area contributed by atoms with E-state index in [0.717, 1.165) is 16.7 Å². The molecule has 2 aromatic rings. The Morgan fingerprint density at radius 2 is 1.70 bits per heavy atom. The van der Waals surface area contributed by atoms with E-state index < -0.39 is 11.6 Å². The Kier molecular flexibility index (Phi) is 3.95. The molecule has 1 aliphatic rings. The van der Waals surface area contributed by atoms with Gasteiger partial charge in [-0.05, 0) is 22.8 Å². The summed E-state index contributed by atoms with van der Waals surface area (Å²) in [5.41, 5.74) is 9.07. The van der Waals surface area contributed by atoms with Crippen LogP contribution >= 0.6 is 0 Å². The number of nitrogens with zero attached hydrogens (tertiary/aromatic N) is 1. The second-order valence-electron chi connectivity index (χ2n) is 5.41. The largest absolute Gasteiger partial charge is 0.380 e. The number of rotatable bonds is 3. The molecule has 1 atom stereocenters. The molecule has 0 aliphatic heterocycles. The Balaban J connectivity index is 2.07. The number of aliphatic hydroxyl groups is 1. The molecule has 0 spiro atoms. The average Bonchev–Trinajstić information content (AvgIpc) is 2.93. The van der Waals surface area contributed by atoms with Crippen LogP contribution < -0.4 is 11.2 Å². The fourth-order valence-electron chi connectivity index (χ4n) is 2.80. The van der Waals surface area contributed by atoms with Crippen LogP contribution in [-0.2, 0) is 5.60 Å². The predicted octanol–water partition coefficient (Wildman–Crippen LogP) is 2.39. The first-order chi connectivity index (χ1) is 11.1. The van der Waals surface area contributed by atoms with Crippen molar-refractivity contribution in [2.75, 3.05) is 0 Å². The van der Waals surface area contributed by atoms with Crippen LogP contribution in [0.4, 0.5) is 4.79 Å². The molecule has 0 saturated carbocycles. The van der Waals surface area contributed by atoms with Crippen molar-refractivity contribution in [3.05, 3.63) is 77.9 Å². The highest BCUT2D eigenvalue weighted by molar-refractivity contribution is 6.08. The van der Waals surface area contributed by atoms with Gasteiger partial charge in [0.15, 0.2) is 0 Å². The summed E-state index contributed by atoms with van der Waals surface area (Å²) in [5, 5.41) is 15.3. The van der Waals surface area contributed by atoms with Crippen LogP contribution in [0.3, 0.4) is 0 Å². The summed E-state index contributed by atoms with van der Waals surface area (Å²) in [6, 6.07) is 18.3. The number of benzene rings is 2. The van der Waals surface area contributed by atoms with E-state index in [2.05, 4.69) is 10.5 Å². The van der Waals surface area contributed by atoms with Gasteiger partial charge < -0.3 is 10.8 Å². The molecule has 5 nitrogen and oxygen atoms in total. The third-order valence-electron chi connectivity index (χ3n) is 3.84. The van der Waals surface area contributed by atoms with Crippen molar-refractivity contribution in [1.82, 2.24) is 5.43 Å². The van der Waals surface area contributed by atoms with E-state index in [1.165, 1.54) is 0 Å². The number of hydrazone groups is 1. The number of carbonyl (C=O) groups is 1. The Hall–Kier alpha value is -2.92. The van der Waals surface area contributed by atoms with E-state index in [-0.39, 0.29) is 6.42 Å². The maximum absolute atomic E-state index is 11.3. The normalized spacial score (nSPS) is 22.0. The summed E-state index contributed by atoms with van der Waals surface area (Å²) in [7, 11) is 0. The number of allylic oxidation sites excluding steroid dienone is 1. The first-order valence-corrected chi connectivity index (χ1v) is 7.27. The zero-order chi connectivity index (χ0) is 16.3. The van der Waals surface area contributed by atoms with Crippen LogP contribution in [0.5, 0.6) is 0 Å². The van der Waals surface area contributed by atoms with Crippen molar-refractivity contribution in [2.24, 2.45) is 10.8 Å². The molecule has 0 fully saturated rings. The second kappa shape index (κ2) is 6.06. The summed E-state index contributed by atoms with van der Waals surface area (Å²) in [6.45, 7) is 0. The molecule has 4 N–H and O–H groups in total. The van der Waals surface area contributed by atoms with Crippen LogP contribution in [0.2, 0.25) is 0 Å². The highest BCUT2D eigenvalue weighted by Gasteiger charge is 2.40. The van der Waals surface area contributed by atoms with Gasteiger partial charge in [-0.2, -0.15) is 5.10 Å². The van der Waals surface area contributed by atoms with E-state index in [0.29, 0.717) is 5.71 Å². The van der Waals surface area contributed by atoms with Crippen LogP contribution in [-0.4, -0.2) is 16.8 Å². The lowest BCUT2D eigenvalue weighted by Gasteiger charge is -2.27. The summed E-state index contributed by atoms with van der Waals surface area (Å²) >= 11 is 0. The van der Waals surface area contributed by atoms with Gasteiger partial charge in [-0.1, -0.05) is 60.7 Å². The number of hydrogen-bond acceptors (Lipinski definition) is 3. The van der Waals surface area contributed by atoms with Gasteiger partial charge in [0, 0.05) is 6.42 Å². The SMILES string of the molecule is NC(=O)N/N=C1/C=C(c2ccccc2)[C@@](O)(c2ccccc2)C1. The number of nitrogens with one attached hydrogen (secondary N) is 1. The minimum absolute atomic E-state index is 0.265. The molecule has 0 unspecified atom stereocenters. The molecular weight excluding hydrogens is 290 g/mol. The standard InChI is InChI=1S/C18H17N3O2/c19-17(22)21-20-15-11-16(13-7-3-1-4-8-13)18(23,12-15)14-9-5-2-6-10-14/h1-11,23H,12H2,(H3,19,21,22)/b20-15-/t18-/m0/s1. The van der Waals surface area contributed by atoms with Crippen molar-refractivity contribution in [3.63, 3.8) is 0 Å². The average molecular weight is 307 g/mol. The first kappa shape index (κ1) is 15.0. The minimum Gasteiger partial charge on any atom is -0.380 e. The van der Waals surface area contributed by atoms with Gasteiger partial charge >= 0.3 is 6.03 Å². The van der Waals surface area contributed by atoms with E-state index in [4.69, 9.17) is 5.73 Å². The summed E-state index contributed by atoms with van der Waals surface area (Å²) in [6.07, 6.45) is 2.06. The molecule has 0 radical (unpaired) electrons. The van der Waals surface area contributed by atoms with Gasteiger partial charge in [0.05, 0.1) is 5.71 Å². The highest BCUT2D eigenvalue weighted by atomic mass is 16.3. The topological polar surface area (TPSA) is 87.7 Å². The number of carbonyl (C=O) groups excluding carboxylic acids is 1. The minimum atomic E-state index is -1.19. The molecule has 0 aromatic heterocycles. The van der Waals surface area contributed by atoms with Gasteiger partial charge in [0.1, 0.15) is 5.60 Å². The number of nitrogens with two attached hydrogens (primary N) is 1. The van der Waals surface area contributed by atoms with Crippen LogP contribution in [0.15, 0.2) is 71.8 Å². The zero-order valence-corrected chi connectivity index (χ0v) is 12.4. The molecule has 0 saturated heterocycles. The number of amides is 2. The number of primary amides is 1. The van der Waals surface area contributed by atoms with Gasteiger partial charge in [0.25, 0.3) is 0 Å². The second-order valence-corrected chi connectivity index (χ2v) is 5.41. The maximum atomic E-state index is 11.3. The van der Waals surface area contributed by atoms with Crippen molar-refractivity contribution in [2.45, 2.75) is 12.0 Å². The Bertz CT molecular complexity index is 769. The monoisotopic (exact) mass is 307 g/mol. The molecule has 3 rings (SSSR count). The smallest absolute Gasteiger partial charge is 0.332 e. The fourth-order valence-corrected chi connectivity index (χ4v) is 2.80. The molecule has 0 heterocycles. The zero-order valence-electron chi connectivity index (χ0n) is 12.4. The molecule has 116 valence electrons. The van der Waals surface area contributed by atoms with E-state index in [9.17, 15) is 9.90 Å². The van der Waals surface area contributed by atoms with Crippen molar-refractivity contribution in [1.29, 1.82) is 0 Å². The molecule has 2 aromatic carbocycles. The third kappa shape index (κ3) is 3.00. The van der Waals surface area contributed by atoms with Gasteiger partial charge in [0.2, 0.25) is 0 Å². The lowest BCUT2D eigenvalue weighted by atomic mass is 9.84. The number of hydrogen-bond donors (Lipinski definition) is 3. The summed E-state index contributed by atoms with van der Waals surface area (Å²) < 4.78 is 0. The van der Waals surface area contributed by atoms with E-state index in [1.54, 1.807) is 6.08 Å². The van der Waals surface area contributed by atoms with Crippen molar-refractivity contribution >= 4 is 17.3 Å². The van der Waals surface area contributed by atoms with Crippen LogP contribution in [0.1, 0.15) is 17.5 Å². The maximum Gasteiger partial charge on any atom is 0.332 e. The van der Waals surface area contributed by atoms with Crippen LogP contribution in [0, 0.1) is 0 Å². The lowest BCUT2D eigenvalue weighted by molar-refractivity contribution is 0.113. The van der Waals surface area contributed by atoms with E-state index >= 15 is 0 Å². The quantitative estimate of drug-likeness (QED) is 0.760. The highest BCUT2D eigenvalue weighted by Crippen LogP contribution is 2.43. The molecule has 1 aliphatic carbocycles. The molecule has 5 heteroatoms. The number of urea groups is 1. The van der Waals surface area contributed by atoms with E-state index in [1.807, 2.05) is 60.7 Å². The molecule has 2 amide bonds. The molecule has 23 heavy (non-hydrogen) atoms. The Morgan fingerprint density at radius 1 is 1.09 bits per heavy atom. The fraction of sp³-hybridized carbons (Fsp3) is 0.111. The lowest BCUT2D eigenvalue weighted by Crippen LogP contribution is -2.27. The first-order valence-electron chi connectivity index (χ1n) is 7.27. The summed E-state index contributed by atoms with van der Waals surface area (Å²) in [5.74, 6) is 0. The molecular formula is C18H17N3O2. The van der Waals surface area contributed by atoms with Crippen molar-refractivity contribution < 1.29 is 9.90 Å². The van der Waals surface area contributed by atoms with Gasteiger partial charge in [-0.25, -0.2) is 10.2 Å². The Morgan fingerprint density at radius 3 is 2.30 bits per heavy atom. The third-order valence-corrected chi connectivity index (χ3v) is 3.84. The molecule has 0 bridgehead atoms. The van der Waals surface area contributed by atoms with Crippen molar-refractivity contribution in [3.8, 4) is 0 Å². The summed E-state index contributed by atoms with van der Waals surface area (Å²) in [4.78, 5) is 10.9. The predicted molar refractivity (Wildman–Crippen MR) is 89.5 cm³/mol. The Labute approximate surface area is 134 Å². The van der Waals surface area contributed by atoms with Gasteiger partial charge in [-0.15, -0.1) is 0 Å². The van der Waals surface area contributed by atoms with Crippen LogP contribution in [0.25, 0.3) is 5.57 Å². The van der Waals surface area contributed by atoms with Gasteiger partial charge in [-0.3, -0.25) is 0 Å².